The molecule has 1 aromatic carbocycles. The first-order chi connectivity index (χ1) is 9.52. The van der Waals surface area contributed by atoms with Crippen LogP contribution in [0.4, 0.5) is 5.69 Å². The highest BCUT2D eigenvalue weighted by Gasteiger charge is 2.25. The molecule has 1 atom stereocenters. The molecule has 1 saturated heterocycles. The molecule has 1 amide bonds. The number of carbonyl (C=O) groups excluding carboxylic acids is 1. The molecule has 1 N–H and O–H groups in total. The summed E-state index contributed by atoms with van der Waals surface area (Å²) in [5.41, 5.74) is 0.263. The fourth-order valence-corrected chi connectivity index (χ4v) is 2.26. The van der Waals surface area contributed by atoms with Gasteiger partial charge in [-0.15, -0.1) is 0 Å². The average Bonchev–Trinajstić information content (AvgIpc) is 2.45. The molecule has 2 rings (SSSR count). The standard InChI is InChI=1S/C13H17N3O4/c1-9-8-15(6-5-14-9)13(17)11-4-3-10(16(18)19)7-12(11)20-2/h3-4,7,9,14H,5-6,8H2,1-2H3/t9-/m1/s1. The van der Waals surface area contributed by atoms with Crippen LogP contribution < -0.4 is 10.1 Å². The van der Waals surface area contributed by atoms with Gasteiger partial charge in [-0.25, -0.2) is 0 Å². The number of hydrogen-bond donors (Lipinski definition) is 1. The molecule has 0 aromatic heterocycles. The fraction of sp³-hybridized carbons (Fsp3) is 0.462. The highest BCUT2D eigenvalue weighted by Crippen LogP contribution is 2.26. The van der Waals surface area contributed by atoms with Crippen LogP contribution in [-0.4, -0.2) is 48.5 Å². The zero-order valence-electron chi connectivity index (χ0n) is 11.5. The maximum Gasteiger partial charge on any atom is 0.273 e. The monoisotopic (exact) mass is 279 g/mol. The van der Waals surface area contributed by atoms with E-state index in [1.54, 1.807) is 4.90 Å². The fourth-order valence-electron chi connectivity index (χ4n) is 2.26. The molecule has 0 radical (unpaired) electrons. The molecule has 20 heavy (non-hydrogen) atoms. The molecule has 108 valence electrons. The Bertz CT molecular complexity index is 532. The molecular formula is C13H17N3O4. The van der Waals surface area contributed by atoms with Crippen LogP contribution in [0.15, 0.2) is 18.2 Å². The maximum atomic E-state index is 12.5. The second kappa shape index (κ2) is 5.87. The van der Waals surface area contributed by atoms with Crippen molar-refractivity contribution in [2.24, 2.45) is 0 Å². The van der Waals surface area contributed by atoms with E-state index in [1.165, 1.54) is 25.3 Å². The number of amides is 1. The number of hydrogen-bond acceptors (Lipinski definition) is 5. The molecule has 1 aliphatic rings. The number of nitro benzene ring substituents is 1. The van der Waals surface area contributed by atoms with Crippen molar-refractivity contribution in [1.82, 2.24) is 10.2 Å². The minimum Gasteiger partial charge on any atom is -0.496 e. The minimum atomic E-state index is -0.510. The van der Waals surface area contributed by atoms with E-state index in [0.717, 1.165) is 6.54 Å². The van der Waals surface area contributed by atoms with Gasteiger partial charge in [-0.05, 0) is 13.0 Å². The molecule has 0 unspecified atom stereocenters. The van der Waals surface area contributed by atoms with Crippen LogP contribution in [0.5, 0.6) is 5.75 Å². The third-order valence-corrected chi connectivity index (χ3v) is 3.28. The van der Waals surface area contributed by atoms with Crippen molar-refractivity contribution >= 4 is 11.6 Å². The Morgan fingerprint density at radius 1 is 1.55 bits per heavy atom. The van der Waals surface area contributed by atoms with E-state index in [9.17, 15) is 14.9 Å². The summed E-state index contributed by atoms with van der Waals surface area (Å²) in [4.78, 5) is 24.4. The number of carbonyl (C=O) groups is 1. The first kappa shape index (κ1) is 14.3. The average molecular weight is 279 g/mol. The van der Waals surface area contributed by atoms with Crippen LogP contribution >= 0.6 is 0 Å². The van der Waals surface area contributed by atoms with Crippen molar-refractivity contribution < 1.29 is 14.5 Å². The van der Waals surface area contributed by atoms with Gasteiger partial charge in [0, 0.05) is 31.7 Å². The number of piperazine rings is 1. The summed E-state index contributed by atoms with van der Waals surface area (Å²) in [6, 6.07) is 4.28. The lowest BCUT2D eigenvalue weighted by atomic mass is 10.1. The Hall–Kier alpha value is -2.15. The van der Waals surface area contributed by atoms with E-state index in [-0.39, 0.29) is 23.4 Å². The van der Waals surface area contributed by atoms with Gasteiger partial charge < -0.3 is 15.0 Å². The smallest absolute Gasteiger partial charge is 0.273 e. The summed E-state index contributed by atoms with van der Waals surface area (Å²) < 4.78 is 5.11. The number of rotatable bonds is 3. The van der Waals surface area contributed by atoms with Gasteiger partial charge in [0.2, 0.25) is 0 Å². The SMILES string of the molecule is COc1cc([N+](=O)[O-])ccc1C(=O)N1CCN[C@H](C)C1. The number of nitrogens with one attached hydrogen (secondary N) is 1. The Labute approximate surface area is 116 Å². The second-order valence-corrected chi connectivity index (χ2v) is 4.75. The molecule has 1 aromatic rings. The van der Waals surface area contributed by atoms with Crippen LogP contribution in [0.25, 0.3) is 0 Å². The van der Waals surface area contributed by atoms with Gasteiger partial charge in [-0.3, -0.25) is 14.9 Å². The number of benzene rings is 1. The van der Waals surface area contributed by atoms with Crippen LogP contribution in [0.1, 0.15) is 17.3 Å². The topological polar surface area (TPSA) is 84.7 Å². The van der Waals surface area contributed by atoms with Gasteiger partial charge in [0.1, 0.15) is 5.75 Å². The quantitative estimate of drug-likeness (QED) is 0.660. The predicted molar refractivity (Wildman–Crippen MR) is 73.0 cm³/mol. The molecule has 1 aliphatic heterocycles. The van der Waals surface area contributed by atoms with Crippen LogP contribution in [0.2, 0.25) is 0 Å². The summed E-state index contributed by atoms with van der Waals surface area (Å²) in [6.45, 7) is 3.97. The minimum absolute atomic E-state index is 0.0907. The number of nitrogens with zero attached hydrogens (tertiary/aromatic N) is 2. The third-order valence-electron chi connectivity index (χ3n) is 3.28. The van der Waals surface area contributed by atoms with E-state index in [0.29, 0.717) is 18.7 Å². The van der Waals surface area contributed by atoms with Crippen LogP contribution in [-0.2, 0) is 0 Å². The second-order valence-electron chi connectivity index (χ2n) is 4.75. The number of methoxy groups -OCH3 is 1. The van der Waals surface area contributed by atoms with Crippen LogP contribution in [0, 0.1) is 10.1 Å². The van der Waals surface area contributed by atoms with E-state index in [2.05, 4.69) is 5.32 Å². The molecule has 0 saturated carbocycles. The van der Waals surface area contributed by atoms with Crippen molar-refractivity contribution in [3.05, 3.63) is 33.9 Å². The lowest BCUT2D eigenvalue weighted by molar-refractivity contribution is -0.384. The van der Waals surface area contributed by atoms with Crippen molar-refractivity contribution in [3.8, 4) is 5.75 Å². The lowest BCUT2D eigenvalue weighted by Gasteiger charge is -2.32. The highest BCUT2D eigenvalue weighted by atomic mass is 16.6. The van der Waals surface area contributed by atoms with Gasteiger partial charge in [-0.1, -0.05) is 0 Å². The molecule has 1 fully saturated rings. The van der Waals surface area contributed by atoms with E-state index in [4.69, 9.17) is 4.74 Å². The Balaban J connectivity index is 2.27. The molecular weight excluding hydrogens is 262 g/mol. The van der Waals surface area contributed by atoms with E-state index >= 15 is 0 Å². The lowest BCUT2D eigenvalue weighted by Crippen LogP contribution is -2.51. The molecule has 7 heteroatoms. The third kappa shape index (κ3) is 2.88. The van der Waals surface area contributed by atoms with Crippen molar-refractivity contribution in [1.29, 1.82) is 0 Å². The Morgan fingerprint density at radius 3 is 2.90 bits per heavy atom. The van der Waals surface area contributed by atoms with Crippen molar-refractivity contribution in [2.45, 2.75) is 13.0 Å². The Morgan fingerprint density at radius 2 is 2.30 bits per heavy atom. The van der Waals surface area contributed by atoms with Gasteiger partial charge >= 0.3 is 0 Å². The molecule has 1 heterocycles. The van der Waals surface area contributed by atoms with E-state index in [1.807, 2.05) is 6.92 Å². The zero-order chi connectivity index (χ0) is 14.7. The van der Waals surface area contributed by atoms with Gasteiger partial charge in [0.05, 0.1) is 23.7 Å². The normalized spacial score (nSPS) is 18.7. The largest absolute Gasteiger partial charge is 0.496 e. The molecule has 7 nitrogen and oxygen atoms in total. The first-order valence-electron chi connectivity index (χ1n) is 6.38. The number of nitro groups is 1. The Kier molecular flexibility index (Phi) is 4.19. The first-order valence-corrected chi connectivity index (χ1v) is 6.38. The van der Waals surface area contributed by atoms with E-state index < -0.39 is 4.92 Å². The van der Waals surface area contributed by atoms with Crippen molar-refractivity contribution in [2.75, 3.05) is 26.7 Å². The molecule has 0 bridgehead atoms. The summed E-state index contributed by atoms with van der Waals surface area (Å²) in [6.07, 6.45) is 0. The summed E-state index contributed by atoms with van der Waals surface area (Å²) in [5, 5.41) is 14.0. The summed E-state index contributed by atoms with van der Waals surface area (Å²) >= 11 is 0. The van der Waals surface area contributed by atoms with Crippen molar-refractivity contribution in [3.63, 3.8) is 0 Å². The zero-order valence-corrected chi connectivity index (χ0v) is 11.5. The predicted octanol–water partition coefficient (Wildman–Crippen LogP) is 1.04. The van der Waals surface area contributed by atoms with Gasteiger partial charge in [0.15, 0.2) is 0 Å². The molecule has 0 aliphatic carbocycles. The van der Waals surface area contributed by atoms with Gasteiger partial charge in [-0.2, -0.15) is 0 Å². The molecule has 0 spiro atoms. The highest BCUT2D eigenvalue weighted by molar-refractivity contribution is 5.97. The number of ether oxygens (including phenoxy) is 1. The van der Waals surface area contributed by atoms with Crippen LogP contribution in [0.3, 0.4) is 0 Å². The number of non-ortho nitro benzene ring substituents is 1. The summed E-state index contributed by atoms with van der Waals surface area (Å²) in [5.74, 6) is 0.0699. The maximum absolute atomic E-state index is 12.5. The van der Waals surface area contributed by atoms with Gasteiger partial charge in [0.25, 0.3) is 11.6 Å². The summed E-state index contributed by atoms with van der Waals surface area (Å²) in [7, 11) is 1.40.